The second-order valence-corrected chi connectivity index (χ2v) is 5.91. The van der Waals surface area contributed by atoms with E-state index in [-0.39, 0.29) is 24.3 Å². The minimum Gasteiger partial charge on any atom is -0.465 e. The summed E-state index contributed by atoms with van der Waals surface area (Å²) in [5.74, 6) is -0.422. The summed E-state index contributed by atoms with van der Waals surface area (Å²) in [6.07, 6.45) is 4.14. The molecule has 6 heteroatoms. The van der Waals surface area contributed by atoms with E-state index in [1.54, 1.807) is 17.0 Å². The minimum absolute atomic E-state index is 0.0704. The van der Waals surface area contributed by atoms with Crippen LogP contribution in [-0.2, 0) is 20.7 Å². The number of hydrogen-bond donors (Lipinski definition) is 1. The quantitative estimate of drug-likeness (QED) is 0.802. The maximum Gasteiger partial charge on any atom is 0.337 e. The Morgan fingerprint density at radius 1 is 1.17 bits per heavy atom. The summed E-state index contributed by atoms with van der Waals surface area (Å²) >= 11 is 0. The number of methoxy groups -OCH3 is 1. The predicted octanol–water partition coefficient (Wildman–Crippen LogP) is 1.53. The Hall–Kier alpha value is -2.37. The first-order valence-electron chi connectivity index (χ1n) is 8.32. The molecule has 24 heavy (non-hydrogen) atoms. The molecular formula is C18H24N2O4. The number of ether oxygens (including phenoxy) is 1. The van der Waals surface area contributed by atoms with Gasteiger partial charge in [0.2, 0.25) is 11.8 Å². The van der Waals surface area contributed by atoms with E-state index in [2.05, 4.69) is 10.1 Å². The van der Waals surface area contributed by atoms with Crippen molar-refractivity contribution < 1.29 is 19.1 Å². The van der Waals surface area contributed by atoms with Crippen LogP contribution in [0.3, 0.4) is 0 Å². The lowest BCUT2D eigenvalue weighted by Gasteiger charge is -2.19. The molecule has 0 unspecified atom stereocenters. The monoisotopic (exact) mass is 332 g/mol. The Balaban J connectivity index is 1.74. The van der Waals surface area contributed by atoms with E-state index in [1.807, 2.05) is 12.1 Å². The van der Waals surface area contributed by atoms with E-state index in [0.29, 0.717) is 31.5 Å². The van der Waals surface area contributed by atoms with Gasteiger partial charge in [-0.3, -0.25) is 9.59 Å². The average Bonchev–Trinajstić information content (AvgIpc) is 2.79. The van der Waals surface area contributed by atoms with Crippen LogP contribution in [0.2, 0.25) is 0 Å². The van der Waals surface area contributed by atoms with Gasteiger partial charge in [-0.1, -0.05) is 18.6 Å². The van der Waals surface area contributed by atoms with Crippen LogP contribution in [0.25, 0.3) is 0 Å². The molecule has 2 rings (SSSR count). The Labute approximate surface area is 142 Å². The number of rotatable bonds is 6. The van der Waals surface area contributed by atoms with Crippen molar-refractivity contribution in [2.75, 3.05) is 26.7 Å². The molecule has 0 saturated carbocycles. The van der Waals surface area contributed by atoms with E-state index >= 15 is 0 Å². The molecule has 0 aliphatic carbocycles. The highest BCUT2D eigenvalue weighted by atomic mass is 16.5. The first kappa shape index (κ1) is 18.0. The Morgan fingerprint density at radius 2 is 1.92 bits per heavy atom. The van der Waals surface area contributed by atoms with Crippen LogP contribution in [0.15, 0.2) is 24.3 Å². The fourth-order valence-corrected chi connectivity index (χ4v) is 2.71. The third kappa shape index (κ3) is 5.37. The molecule has 1 N–H and O–H groups in total. The highest BCUT2D eigenvalue weighted by molar-refractivity contribution is 5.89. The van der Waals surface area contributed by atoms with Gasteiger partial charge < -0.3 is 15.0 Å². The van der Waals surface area contributed by atoms with Gasteiger partial charge in [0.1, 0.15) is 0 Å². The van der Waals surface area contributed by atoms with E-state index in [9.17, 15) is 14.4 Å². The number of carbonyl (C=O) groups is 3. The zero-order valence-electron chi connectivity index (χ0n) is 14.0. The van der Waals surface area contributed by atoms with Crippen molar-refractivity contribution in [1.82, 2.24) is 10.2 Å². The molecule has 1 heterocycles. The first-order valence-corrected chi connectivity index (χ1v) is 8.32. The molecule has 1 saturated heterocycles. The molecule has 0 bridgehead atoms. The van der Waals surface area contributed by atoms with Crippen LogP contribution in [0, 0.1) is 0 Å². The lowest BCUT2D eigenvalue weighted by Crippen LogP contribution is -2.41. The molecule has 6 nitrogen and oxygen atoms in total. The normalized spacial score (nSPS) is 14.9. The number of nitrogens with zero attached hydrogens (tertiary/aromatic N) is 1. The van der Waals surface area contributed by atoms with E-state index < -0.39 is 0 Å². The van der Waals surface area contributed by atoms with Gasteiger partial charge in [0.25, 0.3) is 0 Å². The standard InChI is InChI=1S/C18H24N2O4/c1-24-18(23)15-8-6-14(7-9-15)10-11-19-16(21)13-20-12-4-2-3-5-17(20)22/h6-9H,2-5,10-13H2,1H3,(H,19,21). The van der Waals surface area contributed by atoms with Gasteiger partial charge in [-0.25, -0.2) is 4.79 Å². The molecule has 1 aromatic carbocycles. The Kier molecular flexibility index (Phi) is 6.78. The highest BCUT2D eigenvalue weighted by Gasteiger charge is 2.18. The summed E-state index contributed by atoms with van der Waals surface area (Å²) in [4.78, 5) is 36.8. The van der Waals surface area contributed by atoms with Gasteiger partial charge in [0.05, 0.1) is 19.2 Å². The lowest BCUT2D eigenvalue weighted by molar-refractivity contribution is -0.135. The van der Waals surface area contributed by atoms with Gasteiger partial charge in [-0.05, 0) is 37.0 Å². The van der Waals surface area contributed by atoms with Crippen molar-refractivity contribution in [3.8, 4) is 0 Å². The summed E-state index contributed by atoms with van der Waals surface area (Å²) in [6.45, 7) is 1.31. The SMILES string of the molecule is COC(=O)c1ccc(CCNC(=O)CN2CCCCCC2=O)cc1. The molecule has 1 aliphatic heterocycles. The van der Waals surface area contributed by atoms with Gasteiger partial charge in [0, 0.05) is 19.5 Å². The van der Waals surface area contributed by atoms with Crippen molar-refractivity contribution in [2.24, 2.45) is 0 Å². The maximum absolute atomic E-state index is 12.0. The zero-order chi connectivity index (χ0) is 17.4. The van der Waals surface area contributed by atoms with Gasteiger partial charge in [-0.15, -0.1) is 0 Å². The van der Waals surface area contributed by atoms with Crippen molar-refractivity contribution >= 4 is 17.8 Å². The topological polar surface area (TPSA) is 75.7 Å². The number of esters is 1. The molecule has 0 aromatic heterocycles. The van der Waals surface area contributed by atoms with Crippen LogP contribution >= 0.6 is 0 Å². The molecule has 130 valence electrons. The second-order valence-electron chi connectivity index (χ2n) is 5.91. The van der Waals surface area contributed by atoms with E-state index in [1.165, 1.54) is 7.11 Å². The number of likely N-dealkylation sites (tertiary alicyclic amines) is 1. The maximum atomic E-state index is 12.0. The zero-order valence-corrected chi connectivity index (χ0v) is 14.0. The number of amides is 2. The summed E-state index contributed by atoms with van der Waals surface area (Å²) in [7, 11) is 1.35. The van der Waals surface area contributed by atoms with Gasteiger partial charge in [0.15, 0.2) is 0 Å². The lowest BCUT2D eigenvalue weighted by atomic mass is 10.1. The smallest absolute Gasteiger partial charge is 0.337 e. The summed E-state index contributed by atoms with van der Waals surface area (Å²) in [5.41, 5.74) is 1.53. The first-order chi connectivity index (χ1) is 11.6. The third-order valence-electron chi connectivity index (χ3n) is 4.12. The van der Waals surface area contributed by atoms with Crippen LogP contribution in [-0.4, -0.2) is 49.4 Å². The fourth-order valence-electron chi connectivity index (χ4n) is 2.71. The van der Waals surface area contributed by atoms with Crippen LogP contribution in [0.4, 0.5) is 0 Å². The molecule has 0 atom stereocenters. The largest absolute Gasteiger partial charge is 0.465 e. The Bertz CT molecular complexity index is 583. The van der Waals surface area contributed by atoms with E-state index in [4.69, 9.17) is 0 Å². The highest BCUT2D eigenvalue weighted by Crippen LogP contribution is 2.10. The van der Waals surface area contributed by atoms with Gasteiger partial charge in [-0.2, -0.15) is 0 Å². The van der Waals surface area contributed by atoms with Crippen LogP contribution in [0.5, 0.6) is 0 Å². The summed E-state index contributed by atoms with van der Waals surface area (Å²) in [6, 6.07) is 7.10. The van der Waals surface area contributed by atoms with Crippen molar-refractivity contribution in [2.45, 2.75) is 32.1 Å². The molecule has 2 amide bonds. The van der Waals surface area contributed by atoms with Crippen molar-refractivity contribution in [3.63, 3.8) is 0 Å². The number of hydrogen-bond acceptors (Lipinski definition) is 4. The third-order valence-corrected chi connectivity index (χ3v) is 4.12. The molecular weight excluding hydrogens is 308 g/mol. The average molecular weight is 332 g/mol. The minimum atomic E-state index is -0.364. The molecule has 1 aromatic rings. The van der Waals surface area contributed by atoms with Crippen molar-refractivity contribution in [1.29, 1.82) is 0 Å². The number of carbonyl (C=O) groups excluding carboxylic acids is 3. The van der Waals surface area contributed by atoms with Crippen LogP contribution in [0.1, 0.15) is 41.6 Å². The van der Waals surface area contributed by atoms with Crippen LogP contribution < -0.4 is 5.32 Å². The molecule has 1 aliphatic rings. The number of benzene rings is 1. The summed E-state index contributed by atoms with van der Waals surface area (Å²) < 4.78 is 4.65. The van der Waals surface area contributed by atoms with E-state index in [0.717, 1.165) is 24.8 Å². The Morgan fingerprint density at radius 3 is 2.62 bits per heavy atom. The van der Waals surface area contributed by atoms with Crippen molar-refractivity contribution in [3.05, 3.63) is 35.4 Å². The molecule has 0 spiro atoms. The molecule has 1 fully saturated rings. The second kappa shape index (κ2) is 9.05. The predicted molar refractivity (Wildman–Crippen MR) is 89.5 cm³/mol. The van der Waals surface area contributed by atoms with Gasteiger partial charge >= 0.3 is 5.97 Å². The summed E-state index contributed by atoms with van der Waals surface area (Å²) in [5, 5.41) is 2.84. The number of nitrogens with one attached hydrogen (secondary N) is 1. The fraction of sp³-hybridized carbons (Fsp3) is 0.500. The molecule has 0 radical (unpaired) electrons.